The van der Waals surface area contributed by atoms with Crippen molar-refractivity contribution in [3.8, 4) is 17.2 Å². The van der Waals surface area contributed by atoms with Crippen LogP contribution in [-0.2, 0) is 0 Å². The quantitative estimate of drug-likeness (QED) is 0.434. The standard InChI is InChI=1S/C23H19ClN2O3/c1-3-28-20-11-7-16(13-18(20)24)22(27)25-17-8-5-15(6-9-17)23-26-19-12-14(2)4-10-21(19)29-23/h4-13H,3H2,1-2H3,(H,25,27). The molecule has 0 fully saturated rings. The van der Waals surface area contributed by atoms with E-state index in [2.05, 4.69) is 10.3 Å². The summed E-state index contributed by atoms with van der Waals surface area (Å²) in [6.07, 6.45) is 0. The summed E-state index contributed by atoms with van der Waals surface area (Å²) in [7, 11) is 0. The highest BCUT2D eigenvalue weighted by Gasteiger charge is 2.11. The number of nitrogens with one attached hydrogen (secondary N) is 1. The Kier molecular flexibility index (Phi) is 5.23. The monoisotopic (exact) mass is 406 g/mol. The van der Waals surface area contributed by atoms with Gasteiger partial charge in [-0.15, -0.1) is 0 Å². The maximum atomic E-state index is 12.5. The predicted molar refractivity (Wildman–Crippen MR) is 115 cm³/mol. The van der Waals surface area contributed by atoms with E-state index in [4.69, 9.17) is 20.8 Å². The first-order valence-corrected chi connectivity index (χ1v) is 9.62. The summed E-state index contributed by atoms with van der Waals surface area (Å²) >= 11 is 6.16. The Morgan fingerprint density at radius 3 is 2.62 bits per heavy atom. The van der Waals surface area contributed by atoms with Gasteiger partial charge >= 0.3 is 0 Å². The van der Waals surface area contributed by atoms with Crippen molar-refractivity contribution >= 4 is 34.3 Å². The van der Waals surface area contributed by atoms with Crippen LogP contribution in [0, 0.1) is 6.92 Å². The molecule has 4 aromatic rings. The van der Waals surface area contributed by atoms with E-state index < -0.39 is 0 Å². The molecule has 5 nitrogen and oxygen atoms in total. The number of benzene rings is 3. The van der Waals surface area contributed by atoms with E-state index in [1.54, 1.807) is 18.2 Å². The third-order valence-corrected chi connectivity index (χ3v) is 4.72. The molecule has 0 aliphatic carbocycles. The van der Waals surface area contributed by atoms with Crippen molar-refractivity contribution in [2.75, 3.05) is 11.9 Å². The first-order valence-electron chi connectivity index (χ1n) is 9.25. The summed E-state index contributed by atoms with van der Waals surface area (Å²) in [6, 6.07) is 18.2. The summed E-state index contributed by atoms with van der Waals surface area (Å²) in [5, 5.41) is 3.26. The smallest absolute Gasteiger partial charge is 0.255 e. The van der Waals surface area contributed by atoms with E-state index in [0.29, 0.717) is 34.5 Å². The van der Waals surface area contributed by atoms with Gasteiger partial charge in [-0.1, -0.05) is 17.7 Å². The number of anilines is 1. The van der Waals surface area contributed by atoms with Crippen LogP contribution in [-0.4, -0.2) is 17.5 Å². The molecular weight excluding hydrogens is 388 g/mol. The third-order valence-electron chi connectivity index (χ3n) is 4.43. The maximum absolute atomic E-state index is 12.5. The molecule has 0 bridgehead atoms. The lowest BCUT2D eigenvalue weighted by Crippen LogP contribution is -2.11. The number of carbonyl (C=O) groups excluding carboxylic acids is 1. The van der Waals surface area contributed by atoms with Gasteiger partial charge in [-0.3, -0.25) is 4.79 Å². The van der Waals surface area contributed by atoms with Crippen LogP contribution in [0.3, 0.4) is 0 Å². The summed E-state index contributed by atoms with van der Waals surface area (Å²) in [5.74, 6) is 0.852. The van der Waals surface area contributed by atoms with Crippen molar-refractivity contribution in [3.63, 3.8) is 0 Å². The lowest BCUT2D eigenvalue weighted by atomic mass is 10.1. The highest BCUT2D eigenvalue weighted by Crippen LogP contribution is 2.27. The maximum Gasteiger partial charge on any atom is 0.255 e. The molecule has 1 aromatic heterocycles. The second-order valence-corrected chi connectivity index (χ2v) is 7.01. The Bertz CT molecular complexity index is 1180. The van der Waals surface area contributed by atoms with Crippen molar-refractivity contribution in [2.45, 2.75) is 13.8 Å². The molecule has 0 aliphatic rings. The summed E-state index contributed by atoms with van der Waals surface area (Å²) in [5.41, 5.74) is 4.65. The zero-order chi connectivity index (χ0) is 20.4. The van der Waals surface area contributed by atoms with Crippen LogP contribution in [0.1, 0.15) is 22.8 Å². The second kappa shape index (κ2) is 7.97. The lowest BCUT2D eigenvalue weighted by molar-refractivity contribution is 0.102. The van der Waals surface area contributed by atoms with Crippen LogP contribution in [0.4, 0.5) is 5.69 Å². The van der Waals surface area contributed by atoms with Gasteiger partial charge in [-0.05, 0) is 74.0 Å². The number of aryl methyl sites for hydroxylation is 1. The largest absolute Gasteiger partial charge is 0.492 e. The molecule has 146 valence electrons. The van der Waals surface area contributed by atoms with E-state index in [1.165, 1.54) is 0 Å². The number of hydrogen-bond donors (Lipinski definition) is 1. The average Bonchev–Trinajstić information content (AvgIpc) is 3.13. The van der Waals surface area contributed by atoms with Crippen LogP contribution >= 0.6 is 11.6 Å². The number of amides is 1. The minimum absolute atomic E-state index is 0.250. The molecule has 0 atom stereocenters. The minimum atomic E-state index is -0.250. The molecule has 1 amide bonds. The molecule has 29 heavy (non-hydrogen) atoms. The summed E-state index contributed by atoms with van der Waals surface area (Å²) in [4.78, 5) is 17.0. The molecule has 1 N–H and O–H groups in total. The van der Waals surface area contributed by atoms with Crippen LogP contribution in [0.2, 0.25) is 5.02 Å². The molecule has 0 unspecified atom stereocenters. The van der Waals surface area contributed by atoms with Gasteiger partial charge in [0.1, 0.15) is 11.3 Å². The Labute approximate surface area is 173 Å². The number of carbonyl (C=O) groups is 1. The SMILES string of the molecule is CCOc1ccc(C(=O)Nc2ccc(-c3nc4cc(C)ccc4o3)cc2)cc1Cl. The van der Waals surface area contributed by atoms with Crippen molar-refractivity contribution < 1.29 is 13.9 Å². The zero-order valence-electron chi connectivity index (χ0n) is 16.0. The number of halogens is 1. The zero-order valence-corrected chi connectivity index (χ0v) is 16.8. The second-order valence-electron chi connectivity index (χ2n) is 6.60. The van der Waals surface area contributed by atoms with Gasteiger partial charge in [-0.25, -0.2) is 4.98 Å². The normalized spacial score (nSPS) is 10.9. The Morgan fingerprint density at radius 1 is 1.10 bits per heavy atom. The van der Waals surface area contributed by atoms with Crippen molar-refractivity contribution in [2.24, 2.45) is 0 Å². The molecular formula is C23H19ClN2O3. The molecule has 3 aromatic carbocycles. The van der Waals surface area contributed by atoms with Gasteiger partial charge in [0.15, 0.2) is 5.58 Å². The van der Waals surface area contributed by atoms with Crippen molar-refractivity contribution in [1.82, 2.24) is 4.98 Å². The fourth-order valence-corrected chi connectivity index (χ4v) is 3.21. The van der Waals surface area contributed by atoms with Gasteiger partial charge < -0.3 is 14.5 Å². The fourth-order valence-electron chi connectivity index (χ4n) is 2.97. The molecule has 0 saturated heterocycles. The van der Waals surface area contributed by atoms with E-state index in [9.17, 15) is 4.79 Å². The Morgan fingerprint density at radius 2 is 1.90 bits per heavy atom. The van der Waals surface area contributed by atoms with E-state index in [-0.39, 0.29) is 5.91 Å². The van der Waals surface area contributed by atoms with Gasteiger partial charge in [0, 0.05) is 16.8 Å². The van der Waals surface area contributed by atoms with Crippen LogP contribution < -0.4 is 10.1 Å². The van der Waals surface area contributed by atoms with E-state index >= 15 is 0 Å². The summed E-state index contributed by atoms with van der Waals surface area (Å²) < 4.78 is 11.2. The fraction of sp³-hybridized carbons (Fsp3) is 0.130. The topological polar surface area (TPSA) is 64.4 Å². The Hall–Kier alpha value is -3.31. The molecule has 1 heterocycles. The number of rotatable bonds is 5. The predicted octanol–water partition coefficient (Wildman–Crippen LogP) is 6.11. The third kappa shape index (κ3) is 4.10. The molecule has 0 saturated carbocycles. The van der Waals surface area contributed by atoms with Crippen LogP contribution in [0.5, 0.6) is 5.75 Å². The molecule has 0 aliphatic heterocycles. The average molecular weight is 407 g/mol. The van der Waals surface area contributed by atoms with Crippen molar-refractivity contribution in [3.05, 3.63) is 76.8 Å². The number of oxazole rings is 1. The van der Waals surface area contributed by atoms with Crippen molar-refractivity contribution in [1.29, 1.82) is 0 Å². The highest BCUT2D eigenvalue weighted by atomic mass is 35.5. The molecule has 6 heteroatoms. The molecule has 0 radical (unpaired) electrons. The van der Waals surface area contributed by atoms with Gasteiger partial charge in [0.05, 0.1) is 11.6 Å². The van der Waals surface area contributed by atoms with Crippen LogP contribution in [0.25, 0.3) is 22.6 Å². The van der Waals surface area contributed by atoms with E-state index in [0.717, 1.165) is 22.2 Å². The Balaban J connectivity index is 1.50. The highest BCUT2D eigenvalue weighted by molar-refractivity contribution is 6.32. The minimum Gasteiger partial charge on any atom is -0.492 e. The molecule has 0 spiro atoms. The van der Waals surface area contributed by atoms with Gasteiger partial charge in [-0.2, -0.15) is 0 Å². The summed E-state index contributed by atoms with van der Waals surface area (Å²) in [6.45, 7) is 4.41. The van der Waals surface area contributed by atoms with Gasteiger partial charge in [0.2, 0.25) is 5.89 Å². The number of nitrogens with zero attached hydrogens (tertiary/aromatic N) is 1. The lowest BCUT2D eigenvalue weighted by Gasteiger charge is -2.09. The first-order chi connectivity index (χ1) is 14.0. The number of aromatic nitrogens is 1. The number of fused-ring (bicyclic) bond motifs is 1. The van der Waals surface area contributed by atoms with Crippen LogP contribution in [0.15, 0.2) is 65.1 Å². The number of hydrogen-bond acceptors (Lipinski definition) is 4. The number of ether oxygens (including phenoxy) is 1. The van der Waals surface area contributed by atoms with Gasteiger partial charge in [0.25, 0.3) is 5.91 Å². The molecule has 4 rings (SSSR count). The van der Waals surface area contributed by atoms with E-state index in [1.807, 2.05) is 56.3 Å². The first kappa shape index (κ1) is 19.0.